The summed E-state index contributed by atoms with van der Waals surface area (Å²) in [7, 11) is 0. The first kappa shape index (κ1) is 14.6. The Morgan fingerprint density at radius 3 is 2.55 bits per heavy atom. The fraction of sp³-hybridized carbons (Fsp3) is 0.0714. The number of benzene rings is 2. The van der Waals surface area contributed by atoms with Gasteiger partial charge in [-0.15, -0.1) is 0 Å². The average Bonchev–Trinajstić information content (AvgIpc) is 2.40. The van der Waals surface area contributed by atoms with Crippen molar-refractivity contribution in [3.8, 4) is 5.75 Å². The third-order valence-electron chi connectivity index (χ3n) is 2.53. The Labute approximate surface area is 125 Å². The number of oxime groups is 1. The van der Waals surface area contributed by atoms with Crippen molar-refractivity contribution < 1.29 is 14.3 Å². The topological polar surface area (TPSA) is 41.8 Å². The van der Waals surface area contributed by atoms with Crippen molar-refractivity contribution in [1.82, 2.24) is 0 Å². The van der Waals surface area contributed by atoms with Crippen molar-refractivity contribution in [2.75, 3.05) is 0 Å². The molecule has 0 amide bonds. The molecule has 104 valence electrons. The van der Waals surface area contributed by atoms with Crippen LogP contribution in [0.5, 0.6) is 5.75 Å². The van der Waals surface area contributed by atoms with E-state index in [9.17, 15) is 4.39 Å². The average molecular weight is 314 g/mol. The molecule has 0 unspecified atom stereocenters. The Morgan fingerprint density at radius 2 is 1.90 bits per heavy atom. The summed E-state index contributed by atoms with van der Waals surface area (Å²) in [5.74, 6) is 0.0320. The molecule has 0 aromatic heterocycles. The molecule has 0 radical (unpaired) electrons. The minimum Gasteiger partial charge on any atom is -0.487 e. The van der Waals surface area contributed by atoms with Gasteiger partial charge in [-0.25, -0.2) is 4.39 Å². The van der Waals surface area contributed by atoms with Gasteiger partial charge in [0.05, 0.1) is 11.2 Å². The molecule has 0 fully saturated rings. The maximum Gasteiger partial charge on any atom is 0.147 e. The SMILES string of the molecule is O/N=C\c1cc(Cl)cc(Cl)c1OCc1ccc(F)cc1. The quantitative estimate of drug-likeness (QED) is 0.512. The largest absolute Gasteiger partial charge is 0.487 e. The lowest BCUT2D eigenvalue weighted by atomic mass is 10.2. The fourth-order valence-electron chi connectivity index (χ4n) is 1.63. The first-order valence-electron chi connectivity index (χ1n) is 5.64. The van der Waals surface area contributed by atoms with Crippen molar-refractivity contribution in [3.63, 3.8) is 0 Å². The Morgan fingerprint density at radius 1 is 1.20 bits per heavy atom. The summed E-state index contributed by atoms with van der Waals surface area (Å²) in [5, 5.41) is 12.3. The highest BCUT2D eigenvalue weighted by molar-refractivity contribution is 6.36. The van der Waals surface area contributed by atoms with E-state index in [4.69, 9.17) is 33.1 Å². The number of nitrogens with zero attached hydrogens (tertiary/aromatic N) is 1. The molecule has 0 heterocycles. The van der Waals surface area contributed by atoms with Gasteiger partial charge in [0.2, 0.25) is 0 Å². The maximum atomic E-state index is 12.8. The summed E-state index contributed by atoms with van der Waals surface area (Å²) in [4.78, 5) is 0. The van der Waals surface area contributed by atoms with Crippen LogP contribution in [-0.4, -0.2) is 11.4 Å². The van der Waals surface area contributed by atoms with Crippen LogP contribution in [-0.2, 0) is 6.61 Å². The van der Waals surface area contributed by atoms with Gasteiger partial charge in [0.1, 0.15) is 18.2 Å². The predicted octanol–water partition coefficient (Wildman–Crippen LogP) is 4.52. The fourth-order valence-corrected chi connectivity index (χ4v) is 2.19. The second-order valence-electron chi connectivity index (χ2n) is 3.97. The zero-order chi connectivity index (χ0) is 14.5. The summed E-state index contributed by atoms with van der Waals surface area (Å²) in [5.41, 5.74) is 1.23. The molecule has 3 nitrogen and oxygen atoms in total. The van der Waals surface area contributed by atoms with Crippen LogP contribution < -0.4 is 4.74 Å². The van der Waals surface area contributed by atoms with Crippen LogP contribution in [0.15, 0.2) is 41.6 Å². The molecule has 6 heteroatoms. The summed E-state index contributed by atoms with van der Waals surface area (Å²) in [6, 6.07) is 9.00. The molecular weight excluding hydrogens is 304 g/mol. The van der Waals surface area contributed by atoms with Crippen LogP contribution in [0.1, 0.15) is 11.1 Å². The highest BCUT2D eigenvalue weighted by Gasteiger charge is 2.10. The van der Waals surface area contributed by atoms with Gasteiger partial charge in [-0.2, -0.15) is 0 Å². The van der Waals surface area contributed by atoms with Gasteiger partial charge >= 0.3 is 0 Å². The van der Waals surface area contributed by atoms with E-state index in [1.807, 2.05) is 0 Å². The van der Waals surface area contributed by atoms with E-state index in [0.29, 0.717) is 21.4 Å². The van der Waals surface area contributed by atoms with Crippen LogP contribution in [0, 0.1) is 5.82 Å². The summed E-state index contributed by atoms with van der Waals surface area (Å²) < 4.78 is 18.4. The van der Waals surface area contributed by atoms with Gasteiger partial charge in [0.25, 0.3) is 0 Å². The monoisotopic (exact) mass is 313 g/mol. The highest BCUT2D eigenvalue weighted by atomic mass is 35.5. The Balaban J connectivity index is 2.22. The first-order chi connectivity index (χ1) is 9.60. The van der Waals surface area contributed by atoms with Crippen LogP contribution in [0.2, 0.25) is 10.0 Å². The molecule has 1 N–H and O–H groups in total. The lowest BCUT2D eigenvalue weighted by molar-refractivity contribution is 0.304. The third kappa shape index (κ3) is 3.62. The van der Waals surface area contributed by atoms with E-state index < -0.39 is 0 Å². The standard InChI is InChI=1S/C14H10Cl2FNO2/c15-11-5-10(7-18-19)14(13(16)6-11)20-8-9-1-3-12(17)4-2-9/h1-7,19H,8H2/b18-7-. The zero-order valence-corrected chi connectivity index (χ0v) is 11.7. The second kappa shape index (κ2) is 6.59. The Hall–Kier alpha value is -1.78. The van der Waals surface area contributed by atoms with E-state index in [1.165, 1.54) is 24.4 Å². The summed E-state index contributed by atoms with van der Waals surface area (Å²) in [6.07, 6.45) is 1.18. The van der Waals surface area contributed by atoms with Crippen LogP contribution in [0.4, 0.5) is 4.39 Å². The molecule has 0 bridgehead atoms. The molecular formula is C14H10Cl2FNO2. The van der Waals surface area contributed by atoms with Crippen molar-refractivity contribution in [2.24, 2.45) is 5.16 Å². The van der Waals surface area contributed by atoms with Gasteiger partial charge in [0, 0.05) is 10.6 Å². The van der Waals surface area contributed by atoms with E-state index in [-0.39, 0.29) is 12.4 Å². The summed E-state index contributed by atoms with van der Waals surface area (Å²) >= 11 is 11.9. The van der Waals surface area contributed by atoms with Gasteiger partial charge < -0.3 is 9.94 Å². The lowest BCUT2D eigenvalue weighted by Crippen LogP contribution is -1.99. The normalized spacial score (nSPS) is 10.9. The molecule has 0 saturated carbocycles. The molecule has 20 heavy (non-hydrogen) atoms. The maximum absolute atomic E-state index is 12.8. The smallest absolute Gasteiger partial charge is 0.147 e. The zero-order valence-electron chi connectivity index (χ0n) is 10.2. The van der Waals surface area contributed by atoms with Crippen LogP contribution in [0.3, 0.4) is 0 Å². The Kier molecular flexibility index (Phi) is 4.82. The predicted molar refractivity (Wildman–Crippen MR) is 76.6 cm³/mol. The van der Waals surface area contributed by atoms with E-state index in [2.05, 4.69) is 5.16 Å². The van der Waals surface area contributed by atoms with Crippen molar-refractivity contribution in [3.05, 3.63) is 63.4 Å². The first-order valence-corrected chi connectivity index (χ1v) is 6.39. The number of hydrogen-bond acceptors (Lipinski definition) is 3. The van der Waals surface area contributed by atoms with Gasteiger partial charge in [0.15, 0.2) is 0 Å². The third-order valence-corrected chi connectivity index (χ3v) is 3.03. The second-order valence-corrected chi connectivity index (χ2v) is 4.81. The van der Waals surface area contributed by atoms with E-state index >= 15 is 0 Å². The van der Waals surface area contributed by atoms with Gasteiger partial charge in [-0.3, -0.25) is 0 Å². The molecule has 2 rings (SSSR count). The number of rotatable bonds is 4. The number of halogens is 3. The van der Waals surface area contributed by atoms with Crippen molar-refractivity contribution >= 4 is 29.4 Å². The van der Waals surface area contributed by atoms with E-state index in [1.54, 1.807) is 18.2 Å². The van der Waals surface area contributed by atoms with Crippen molar-refractivity contribution in [2.45, 2.75) is 6.61 Å². The van der Waals surface area contributed by atoms with Crippen molar-refractivity contribution in [1.29, 1.82) is 0 Å². The molecule has 0 saturated heterocycles. The van der Waals surface area contributed by atoms with Crippen LogP contribution in [0.25, 0.3) is 0 Å². The minimum atomic E-state index is -0.314. The minimum absolute atomic E-state index is 0.202. The summed E-state index contributed by atoms with van der Waals surface area (Å²) in [6.45, 7) is 0.202. The Bertz CT molecular complexity index is 630. The lowest BCUT2D eigenvalue weighted by Gasteiger charge is -2.11. The number of ether oxygens (including phenoxy) is 1. The van der Waals surface area contributed by atoms with Crippen LogP contribution >= 0.6 is 23.2 Å². The van der Waals surface area contributed by atoms with Gasteiger partial charge in [-0.1, -0.05) is 40.5 Å². The molecule has 0 aliphatic rings. The van der Waals surface area contributed by atoms with Gasteiger partial charge in [-0.05, 0) is 29.8 Å². The van der Waals surface area contributed by atoms with E-state index in [0.717, 1.165) is 5.56 Å². The molecule has 0 aliphatic carbocycles. The highest BCUT2D eigenvalue weighted by Crippen LogP contribution is 2.32. The molecule has 0 atom stereocenters. The molecule has 0 spiro atoms. The molecule has 0 aliphatic heterocycles. The molecule has 2 aromatic carbocycles. The number of hydrogen-bond donors (Lipinski definition) is 1. The molecule has 2 aromatic rings.